The molecule has 118 valence electrons. The van der Waals surface area contributed by atoms with E-state index in [0.717, 1.165) is 18.7 Å². The van der Waals surface area contributed by atoms with Gasteiger partial charge in [-0.05, 0) is 18.9 Å². The zero-order chi connectivity index (χ0) is 15.6. The highest BCUT2D eigenvalue weighted by Gasteiger charge is 2.22. The molecule has 0 spiro atoms. The van der Waals surface area contributed by atoms with Gasteiger partial charge in [-0.15, -0.1) is 0 Å². The fourth-order valence-electron chi connectivity index (χ4n) is 3.10. The Morgan fingerprint density at radius 2 is 2.17 bits per heavy atom. The first-order valence-corrected chi connectivity index (χ1v) is 7.93. The highest BCUT2D eigenvalue weighted by Crippen LogP contribution is 2.32. The molecule has 0 radical (unpaired) electrons. The van der Waals surface area contributed by atoms with Gasteiger partial charge in [0.25, 0.3) is 5.56 Å². The van der Waals surface area contributed by atoms with Gasteiger partial charge >= 0.3 is 0 Å². The fourth-order valence-corrected chi connectivity index (χ4v) is 3.10. The van der Waals surface area contributed by atoms with Gasteiger partial charge in [-0.3, -0.25) is 14.3 Å². The summed E-state index contributed by atoms with van der Waals surface area (Å²) in [5.74, 6) is 1.80. The third-order valence-corrected chi connectivity index (χ3v) is 4.39. The van der Waals surface area contributed by atoms with Gasteiger partial charge in [0, 0.05) is 25.1 Å². The lowest BCUT2D eigenvalue weighted by atomic mass is 10.1. The molecule has 3 aromatic heterocycles. The van der Waals surface area contributed by atoms with Crippen molar-refractivity contribution >= 4 is 10.9 Å². The molecule has 0 aliphatic heterocycles. The normalized spacial score (nSPS) is 15.5. The van der Waals surface area contributed by atoms with E-state index in [1.165, 1.54) is 12.8 Å². The maximum atomic E-state index is 12.4. The monoisotopic (exact) mass is 311 g/mol. The summed E-state index contributed by atoms with van der Waals surface area (Å²) in [6.45, 7) is 0.480. The molecular formula is C16H17N5O2. The van der Waals surface area contributed by atoms with Crippen molar-refractivity contribution in [3.05, 3.63) is 46.9 Å². The zero-order valence-electron chi connectivity index (χ0n) is 12.7. The van der Waals surface area contributed by atoms with E-state index in [4.69, 9.17) is 4.52 Å². The van der Waals surface area contributed by atoms with Crippen molar-refractivity contribution < 1.29 is 4.52 Å². The van der Waals surface area contributed by atoms with E-state index >= 15 is 0 Å². The van der Waals surface area contributed by atoms with Crippen LogP contribution in [0.3, 0.4) is 0 Å². The van der Waals surface area contributed by atoms with Gasteiger partial charge in [-0.25, -0.2) is 4.98 Å². The Hall–Kier alpha value is -2.57. The van der Waals surface area contributed by atoms with Gasteiger partial charge in [0.1, 0.15) is 0 Å². The summed E-state index contributed by atoms with van der Waals surface area (Å²) in [4.78, 5) is 25.1. The molecule has 1 aliphatic carbocycles. The van der Waals surface area contributed by atoms with E-state index < -0.39 is 0 Å². The minimum Gasteiger partial charge on any atom is -0.339 e. The van der Waals surface area contributed by atoms with Crippen LogP contribution >= 0.6 is 0 Å². The lowest BCUT2D eigenvalue weighted by Crippen LogP contribution is -2.21. The topological polar surface area (TPSA) is 86.7 Å². The number of pyridine rings is 1. The number of hydrogen-bond acceptors (Lipinski definition) is 6. The van der Waals surface area contributed by atoms with Crippen molar-refractivity contribution in [3.8, 4) is 0 Å². The fraction of sp³-hybridized carbons (Fsp3) is 0.438. The summed E-state index contributed by atoms with van der Waals surface area (Å²) >= 11 is 0. The minimum atomic E-state index is -0.0723. The van der Waals surface area contributed by atoms with Crippen LogP contribution in [0.15, 0.2) is 34.1 Å². The Labute approximate surface area is 132 Å². The van der Waals surface area contributed by atoms with E-state index in [2.05, 4.69) is 20.1 Å². The average Bonchev–Trinajstić information content (AvgIpc) is 3.26. The Morgan fingerprint density at radius 1 is 1.30 bits per heavy atom. The molecule has 1 saturated carbocycles. The van der Waals surface area contributed by atoms with Crippen LogP contribution in [-0.4, -0.2) is 24.7 Å². The number of aryl methyl sites for hydroxylation is 2. The smallest absolute Gasteiger partial charge is 0.261 e. The van der Waals surface area contributed by atoms with Crippen molar-refractivity contribution in [1.29, 1.82) is 0 Å². The summed E-state index contributed by atoms with van der Waals surface area (Å²) in [5.41, 5.74) is 0.536. The molecule has 0 saturated heterocycles. The van der Waals surface area contributed by atoms with Crippen molar-refractivity contribution in [3.63, 3.8) is 0 Å². The third kappa shape index (κ3) is 2.74. The number of hydrogen-bond donors (Lipinski definition) is 0. The first kappa shape index (κ1) is 14.0. The Morgan fingerprint density at radius 3 is 3.04 bits per heavy atom. The minimum absolute atomic E-state index is 0.0723. The lowest BCUT2D eigenvalue weighted by Gasteiger charge is -2.04. The van der Waals surface area contributed by atoms with Crippen LogP contribution in [0, 0.1) is 0 Å². The second kappa shape index (κ2) is 5.91. The summed E-state index contributed by atoms with van der Waals surface area (Å²) < 4.78 is 6.94. The molecule has 0 unspecified atom stereocenters. The molecule has 7 nitrogen and oxygen atoms in total. The van der Waals surface area contributed by atoms with Gasteiger partial charge in [0.05, 0.1) is 23.4 Å². The van der Waals surface area contributed by atoms with Gasteiger partial charge < -0.3 is 4.52 Å². The van der Waals surface area contributed by atoms with Crippen molar-refractivity contribution in [2.24, 2.45) is 0 Å². The number of nitrogens with zero attached hydrogens (tertiary/aromatic N) is 5. The highest BCUT2D eigenvalue weighted by molar-refractivity contribution is 5.75. The average molecular weight is 311 g/mol. The molecule has 7 heteroatoms. The second-order valence-electron chi connectivity index (χ2n) is 5.92. The Bertz CT molecular complexity index is 879. The van der Waals surface area contributed by atoms with Crippen LogP contribution in [0.2, 0.25) is 0 Å². The predicted octanol–water partition coefficient (Wildman–Crippen LogP) is 2.07. The largest absolute Gasteiger partial charge is 0.339 e. The Kier molecular flexibility index (Phi) is 3.61. The van der Waals surface area contributed by atoms with Gasteiger partial charge in [-0.2, -0.15) is 4.98 Å². The third-order valence-electron chi connectivity index (χ3n) is 4.39. The maximum Gasteiger partial charge on any atom is 0.261 e. The second-order valence-corrected chi connectivity index (χ2v) is 5.92. The maximum absolute atomic E-state index is 12.4. The van der Waals surface area contributed by atoms with Crippen LogP contribution in [-0.2, 0) is 13.0 Å². The van der Waals surface area contributed by atoms with E-state index in [-0.39, 0.29) is 5.56 Å². The molecule has 1 aliphatic rings. The van der Waals surface area contributed by atoms with Crippen LogP contribution < -0.4 is 5.56 Å². The van der Waals surface area contributed by atoms with Crippen molar-refractivity contribution in [2.75, 3.05) is 0 Å². The standard InChI is InChI=1S/C16H17N5O2/c22-16-12-5-7-17-9-13(12)18-10-21(16)8-6-14-19-15(23-20-14)11-3-1-2-4-11/h5,7,9-11H,1-4,6,8H2. The highest BCUT2D eigenvalue weighted by atomic mass is 16.5. The number of fused-ring (bicyclic) bond motifs is 1. The first-order valence-electron chi connectivity index (χ1n) is 7.93. The summed E-state index contributed by atoms with van der Waals surface area (Å²) in [5, 5.41) is 4.61. The predicted molar refractivity (Wildman–Crippen MR) is 83.0 cm³/mol. The first-order chi connectivity index (χ1) is 11.3. The number of rotatable bonds is 4. The molecule has 0 atom stereocenters. The molecule has 0 N–H and O–H groups in total. The van der Waals surface area contributed by atoms with Gasteiger partial charge in [-0.1, -0.05) is 18.0 Å². The lowest BCUT2D eigenvalue weighted by molar-refractivity contribution is 0.349. The molecule has 0 bridgehead atoms. The molecule has 3 heterocycles. The number of aromatic nitrogens is 5. The molecule has 0 amide bonds. The summed E-state index contributed by atoms with van der Waals surface area (Å²) in [7, 11) is 0. The molecule has 0 aromatic carbocycles. The zero-order valence-corrected chi connectivity index (χ0v) is 12.7. The summed E-state index contributed by atoms with van der Waals surface area (Å²) in [6.07, 6.45) is 10.0. The van der Waals surface area contributed by atoms with Crippen molar-refractivity contribution in [2.45, 2.75) is 44.6 Å². The van der Waals surface area contributed by atoms with E-state index in [0.29, 0.717) is 35.6 Å². The molecule has 3 aromatic rings. The molecular weight excluding hydrogens is 294 g/mol. The SMILES string of the molecule is O=c1c2ccncc2ncn1CCc1noc(C2CCCC2)n1. The van der Waals surface area contributed by atoms with Crippen LogP contribution in [0.25, 0.3) is 10.9 Å². The van der Waals surface area contributed by atoms with Crippen LogP contribution in [0.1, 0.15) is 43.3 Å². The Balaban J connectivity index is 1.51. The van der Waals surface area contributed by atoms with Crippen LogP contribution in [0.4, 0.5) is 0 Å². The van der Waals surface area contributed by atoms with E-state index in [9.17, 15) is 4.79 Å². The molecule has 4 rings (SSSR count). The van der Waals surface area contributed by atoms with E-state index in [1.807, 2.05) is 0 Å². The molecule has 1 fully saturated rings. The van der Waals surface area contributed by atoms with Crippen molar-refractivity contribution in [1.82, 2.24) is 24.7 Å². The van der Waals surface area contributed by atoms with Gasteiger partial charge in [0.15, 0.2) is 5.82 Å². The van der Waals surface area contributed by atoms with E-state index in [1.54, 1.807) is 29.4 Å². The summed E-state index contributed by atoms with van der Waals surface area (Å²) in [6, 6.07) is 1.69. The van der Waals surface area contributed by atoms with Gasteiger partial charge in [0.2, 0.25) is 5.89 Å². The molecule has 23 heavy (non-hydrogen) atoms. The quantitative estimate of drug-likeness (QED) is 0.733. The van der Waals surface area contributed by atoms with Crippen LogP contribution in [0.5, 0.6) is 0 Å².